The van der Waals surface area contributed by atoms with Gasteiger partial charge in [0.2, 0.25) is 0 Å². The molecule has 0 aliphatic carbocycles. The SMILES string of the molecule is CC(C)c1ncc(O)c(C(C)CN)n1. The minimum Gasteiger partial charge on any atom is -0.504 e. The molecule has 1 aromatic heterocycles. The van der Waals surface area contributed by atoms with Crippen molar-refractivity contribution < 1.29 is 5.11 Å². The summed E-state index contributed by atoms with van der Waals surface area (Å²) in [5.74, 6) is 1.21. The highest BCUT2D eigenvalue weighted by atomic mass is 16.3. The third-order valence-electron chi connectivity index (χ3n) is 2.15. The molecule has 1 rings (SSSR count). The van der Waals surface area contributed by atoms with Gasteiger partial charge in [-0.1, -0.05) is 20.8 Å². The molecule has 14 heavy (non-hydrogen) atoms. The summed E-state index contributed by atoms with van der Waals surface area (Å²) in [7, 11) is 0. The number of nitrogens with two attached hydrogens (primary N) is 1. The molecule has 1 atom stereocenters. The predicted octanol–water partition coefficient (Wildman–Crippen LogP) is 1.37. The first-order valence-corrected chi connectivity index (χ1v) is 4.82. The molecule has 1 aromatic rings. The number of hydrogen-bond donors (Lipinski definition) is 2. The Balaban J connectivity index is 3.08. The zero-order valence-corrected chi connectivity index (χ0v) is 8.86. The van der Waals surface area contributed by atoms with Gasteiger partial charge in [0.05, 0.1) is 11.9 Å². The molecule has 4 nitrogen and oxygen atoms in total. The molecular weight excluding hydrogens is 178 g/mol. The van der Waals surface area contributed by atoms with Crippen LogP contribution in [0.3, 0.4) is 0 Å². The van der Waals surface area contributed by atoms with Crippen molar-refractivity contribution >= 4 is 0 Å². The van der Waals surface area contributed by atoms with E-state index in [1.807, 2.05) is 20.8 Å². The Kier molecular flexibility index (Phi) is 3.41. The van der Waals surface area contributed by atoms with Crippen molar-refractivity contribution in [2.45, 2.75) is 32.6 Å². The fourth-order valence-corrected chi connectivity index (χ4v) is 1.16. The Morgan fingerprint density at radius 1 is 1.43 bits per heavy atom. The van der Waals surface area contributed by atoms with Gasteiger partial charge in [0.15, 0.2) is 5.75 Å². The van der Waals surface area contributed by atoms with Crippen molar-refractivity contribution in [3.05, 3.63) is 17.7 Å². The van der Waals surface area contributed by atoms with Gasteiger partial charge in [-0.05, 0) is 0 Å². The molecule has 0 radical (unpaired) electrons. The molecule has 0 bridgehead atoms. The smallest absolute Gasteiger partial charge is 0.155 e. The summed E-state index contributed by atoms with van der Waals surface area (Å²) in [6.07, 6.45) is 1.45. The topological polar surface area (TPSA) is 72.0 Å². The maximum atomic E-state index is 9.54. The molecule has 1 heterocycles. The molecule has 0 aliphatic heterocycles. The van der Waals surface area contributed by atoms with Crippen LogP contribution in [0.4, 0.5) is 0 Å². The fraction of sp³-hybridized carbons (Fsp3) is 0.600. The maximum absolute atomic E-state index is 9.54. The second-order valence-electron chi connectivity index (χ2n) is 3.79. The van der Waals surface area contributed by atoms with Gasteiger partial charge in [-0.2, -0.15) is 0 Å². The van der Waals surface area contributed by atoms with Gasteiger partial charge in [0.1, 0.15) is 5.82 Å². The first kappa shape index (κ1) is 10.9. The van der Waals surface area contributed by atoms with Crippen LogP contribution in [0.5, 0.6) is 5.75 Å². The zero-order chi connectivity index (χ0) is 10.7. The third-order valence-corrected chi connectivity index (χ3v) is 2.15. The van der Waals surface area contributed by atoms with Crippen molar-refractivity contribution in [2.24, 2.45) is 5.73 Å². The van der Waals surface area contributed by atoms with Crippen molar-refractivity contribution in [3.63, 3.8) is 0 Å². The molecule has 1 unspecified atom stereocenters. The standard InChI is InChI=1S/C10H17N3O/c1-6(2)10-12-5-8(14)9(13-10)7(3)4-11/h5-7,14H,4,11H2,1-3H3. The van der Waals surface area contributed by atoms with Crippen molar-refractivity contribution in [2.75, 3.05) is 6.54 Å². The van der Waals surface area contributed by atoms with Gasteiger partial charge in [0.25, 0.3) is 0 Å². The molecule has 0 saturated carbocycles. The van der Waals surface area contributed by atoms with Crippen LogP contribution in [0.25, 0.3) is 0 Å². The fourth-order valence-electron chi connectivity index (χ4n) is 1.16. The number of rotatable bonds is 3. The second kappa shape index (κ2) is 4.37. The van der Waals surface area contributed by atoms with Crippen LogP contribution in [0.15, 0.2) is 6.20 Å². The van der Waals surface area contributed by atoms with Crippen LogP contribution in [-0.2, 0) is 0 Å². The number of nitrogens with zero attached hydrogens (tertiary/aromatic N) is 2. The first-order chi connectivity index (χ1) is 6.56. The molecule has 3 N–H and O–H groups in total. The lowest BCUT2D eigenvalue weighted by Gasteiger charge is -2.12. The van der Waals surface area contributed by atoms with E-state index in [1.165, 1.54) is 6.20 Å². The summed E-state index contributed by atoms with van der Waals surface area (Å²) >= 11 is 0. The normalized spacial score (nSPS) is 13.2. The van der Waals surface area contributed by atoms with Crippen molar-refractivity contribution in [3.8, 4) is 5.75 Å². The number of aromatic nitrogens is 2. The van der Waals surface area contributed by atoms with E-state index in [1.54, 1.807) is 0 Å². The van der Waals surface area contributed by atoms with Crippen molar-refractivity contribution in [1.82, 2.24) is 9.97 Å². The van der Waals surface area contributed by atoms with E-state index in [0.717, 1.165) is 5.82 Å². The van der Waals surface area contributed by atoms with E-state index in [2.05, 4.69) is 9.97 Å². The lowest BCUT2D eigenvalue weighted by Crippen LogP contribution is -2.12. The Hall–Kier alpha value is -1.16. The average Bonchev–Trinajstić information content (AvgIpc) is 2.17. The van der Waals surface area contributed by atoms with Crippen LogP contribution < -0.4 is 5.73 Å². The molecule has 0 aliphatic rings. The van der Waals surface area contributed by atoms with Crippen LogP contribution in [-0.4, -0.2) is 21.6 Å². The summed E-state index contributed by atoms with van der Waals surface area (Å²) in [6, 6.07) is 0. The Morgan fingerprint density at radius 3 is 2.57 bits per heavy atom. The molecule has 0 amide bonds. The number of hydrogen-bond acceptors (Lipinski definition) is 4. The Bertz CT molecular complexity index is 312. The maximum Gasteiger partial charge on any atom is 0.155 e. The van der Waals surface area contributed by atoms with E-state index >= 15 is 0 Å². The van der Waals surface area contributed by atoms with Gasteiger partial charge in [-0.3, -0.25) is 0 Å². The molecule has 0 aromatic carbocycles. The van der Waals surface area contributed by atoms with E-state index in [9.17, 15) is 5.11 Å². The summed E-state index contributed by atoms with van der Waals surface area (Å²) in [5.41, 5.74) is 6.17. The largest absolute Gasteiger partial charge is 0.504 e. The van der Waals surface area contributed by atoms with Gasteiger partial charge in [0, 0.05) is 18.4 Å². The van der Waals surface area contributed by atoms with E-state index < -0.39 is 0 Å². The minimum atomic E-state index is 0.0653. The molecule has 0 fully saturated rings. The monoisotopic (exact) mass is 195 g/mol. The van der Waals surface area contributed by atoms with E-state index in [0.29, 0.717) is 12.2 Å². The number of aromatic hydroxyl groups is 1. The lowest BCUT2D eigenvalue weighted by atomic mass is 10.1. The van der Waals surface area contributed by atoms with E-state index in [-0.39, 0.29) is 17.6 Å². The first-order valence-electron chi connectivity index (χ1n) is 4.82. The molecular formula is C10H17N3O. The predicted molar refractivity (Wildman–Crippen MR) is 55.3 cm³/mol. The van der Waals surface area contributed by atoms with Gasteiger partial charge in [-0.25, -0.2) is 9.97 Å². The van der Waals surface area contributed by atoms with Crippen LogP contribution in [0, 0.1) is 0 Å². The third kappa shape index (κ3) is 2.20. The Labute approximate surface area is 84.2 Å². The minimum absolute atomic E-state index is 0.0653. The quantitative estimate of drug-likeness (QED) is 0.764. The summed E-state index contributed by atoms with van der Waals surface area (Å²) in [6.45, 7) is 6.45. The molecule has 0 spiro atoms. The molecule has 78 valence electrons. The van der Waals surface area contributed by atoms with Gasteiger partial charge < -0.3 is 10.8 Å². The summed E-state index contributed by atoms with van der Waals surface area (Å²) < 4.78 is 0. The van der Waals surface area contributed by atoms with Crippen LogP contribution >= 0.6 is 0 Å². The highest BCUT2D eigenvalue weighted by molar-refractivity contribution is 5.26. The van der Waals surface area contributed by atoms with E-state index in [4.69, 9.17) is 5.73 Å². The summed E-state index contributed by atoms with van der Waals surface area (Å²) in [4.78, 5) is 8.35. The average molecular weight is 195 g/mol. The zero-order valence-electron chi connectivity index (χ0n) is 8.86. The Morgan fingerprint density at radius 2 is 2.07 bits per heavy atom. The van der Waals surface area contributed by atoms with Gasteiger partial charge in [-0.15, -0.1) is 0 Å². The highest BCUT2D eigenvalue weighted by Crippen LogP contribution is 2.23. The molecule has 4 heteroatoms. The van der Waals surface area contributed by atoms with Crippen molar-refractivity contribution in [1.29, 1.82) is 0 Å². The second-order valence-corrected chi connectivity index (χ2v) is 3.79. The van der Waals surface area contributed by atoms with Gasteiger partial charge >= 0.3 is 0 Å². The molecule has 0 saturated heterocycles. The van der Waals surface area contributed by atoms with Crippen LogP contribution in [0.1, 0.15) is 44.1 Å². The summed E-state index contributed by atoms with van der Waals surface area (Å²) in [5, 5.41) is 9.54. The highest BCUT2D eigenvalue weighted by Gasteiger charge is 2.13. The lowest BCUT2D eigenvalue weighted by molar-refractivity contribution is 0.452. The van der Waals surface area contributed by atoms with Crippen LogP contribution in [0.2, 0.25) is 0 Å².